The van der Waals surface area contributed by atoms with Gasteiger partial charge in [0.25, 0.3) is 0 Å². The first-order valence-corrected chi connectivity index (χ1v) is 9.61. The average molecular weight is 401 g/mol. The molecule has 6 heteroatoms. The predicted molar refractivity (Wildman–Crippen MR) is 105 cm³/mol. The van der Waals surface area contributed by atoms with Crippen molar-refractivity contribution in [1.82, 2.24) is 0 Å². The smallest absolute Gasteiger partial charge is 0.218 e. The van der Waals surface area contributed by atoms with E-state index in [2.05, 4.69) is 0 Å². The Morgan fingerprint density at radius 3 is 1.79 bits per heavy atom. The molecule has 3 aromatic rings. The molecule has 0 saturated carbocycles. The zero-order valence-corrected chi connectivity index (χ0v) is 15.7. The lowest BCUT2D eigenvalue weighted by Crippen LogP contribution is -2.28. The first-order chi connectivity index (χ1) is 13.4. The molecule has 0 fully saturated rings. The standard InChI is InChI=1S/C22H18F3NOS/c23-17-9-5-15(6-10-17)22(28-14-13-21(26)27,16-7-11-18(24)12-8-16)19-3-1-2-4-20(19)25/h1-12H,13-14H2,(H2,26,27). The van der Waals surface area contributed by atoms with Crippen molar-refractivity contribution in [2.45, 2.75) is 11.2 Å². The molecule has 144 valence electrons. The topological polar surface area (TPSA) is 43.1 Å². The summed E-state index contributed by atoms with van der Waals surface area (Å²) in [6.45, 7) is 0. The maximum Gasteiger partial charge on any atom is 0.218 e. The number of hydrogen-bond acceptors (Lipinski definition) is 2. The number of hydrogen-bond donors (Lipinski definition) is 1. The molecule has 0 unspecified atom stereocenters. The van der Waals surface area contributed by atoms with Gasteiger partial charge in [0.15, 0.2) is 0 Å². The third-order valence-corrected chi connectivity index (χ3v) is 5.95. The number of thioether (sulfide) groups is 1. The van der Waals surface area contributed by atoms with E-state index in [0.29, 0.717) is 22.4 Å². The summed E-state index contributed by atoms with van der Waals surface area (Å²) in [4.78, 5) is 11.3. The zero-order chi connectivity index (χ0) is 20.1. The molecule has 0 bridgehead atoms. The molecule has 0 aromatic heterocycles. The molecular weight excluding hydrogens is 383 g/mol. The number of carbonyl (C=O) groups excluding carboxylic acids is 1. The van der Waals surface area contributed by atoms with E-state index in [1.807, 2.05) is 0 Å². The highest BCUT2D eigenvalue weighted by molar-refractivity contribution is 8.00. The van der Waals surface area contributed by atoms with Crippen LogP contribution in [0.4, 0.5) is 13.2 Å². The molecule has 2 nitrogen and oxygen atoms in total. The highest BCUT2D eigenvalue weighted by atomic mass is 32.2. The Bertz CT molecular complexity index is 913. The molecule has 1 amide bonds. The number of rotatable bonds is 7. The summed E-state index contributed by atoms with van der Waals surface area (Å²) in [5.74, 6) is -1.48. The fourth-order valence-corrected chi connectivity index (χ4v) is 4.68. The third kappa shape index (κ3) is 4.07. The average Bonchev–Trinajstić information content (AvgIpc) is 2.67. The molecule has 28 heavy (non-hydrogen) atoms. The van der Waals surface area contributed by atoms with E-state index in [1.54, 1.807) is 42.5 Å². The van der Waals surface area contributed by atoms with Crippen LogP contribution in [0, 0.1) is 17.5 Å². The number of carbonyl (C=O) groups is 1. The lowest BCUT2D eigenvalue weighted by Gasteiger charge is -2.35. The van der Waals surface area contributed by atoms with Crippen LogP contribution < -0.4 is 5.73 Å². The van der Waals surface area contributed by atoms with E-state index < -0.39 is 28.1 Å². The molecular formula is C22H18F3NOS. The SMILES string of the molecule is NC(=O)CCSC(c1ccc(F)cc1)(c1ccc(F)cc1)c1ccccc1F. The number of primary amides is 1. The van der Waals surface area contributed by atoms with Gasteiger partial charge in [-0.2, -0.15) is 0 Å². The van der Waals surface area contributed by atoms with Crippen LogP contribution in [0.3, 0.4) is 0 Å². The molecule has 0 atom stereocenters. The van der Waals surface area contributed by atoms with Crippen molar-refractivity contribution in [3.63, 3.8) is 0 Å². The van der Waals surface area contributed by atoms with Gasteiger partial charge in [0.05, 0.1) is 4.75 Å². The zero-order valence-electron chi connectivity index (χ0n) is 14.9. The van der Waals surface area contributed by atoms with Gasteiger partial charge >= 0.3 is 0 Å². The number of benzene rings is 3. The number of halogens is 3. The van der Waals surface area contributed by atoms with E-state index >= 15 is 0 Å². The Labute approximate surface area is 165 Å². The molecule has 3 rings (SSSR count). The van der Waals surface area contributed by atoms with Crippen molar-refractivity contribution in [1.29, 1.82) is 0 Å². The summed E-state index contributed by atoms with van der Waals surface area (Å²) >= 11 is 1.30. The molecule has 0 aliphatic carbocycles. The predicted octanol–water partition coefficient (Wildman–Crippen LogP) is 5.00. The van der Waals surface area contributed by atoms with E-state index in [9.17, 15) is 18.0 Å². The highest BCUT2D eigenvalue weighted by Gasteiger charge is 2.39. The minimum absolute atomic E-state index is 0.0866. The summed E-state index contributed by atoms with van der Waals surface area (Å²) in [5.41, 5.74) is 6.84. The van der Waals surface area contributed by atoms with Crippen molar-refractivity contribution in [3.8, 4) is 0 Å². The Morgan fingerprint density at radius 2 is 1.32 bits per heavy atom. The van der Waals surface area contributed by atoms with Crippen molar-refractivity contribution in [2.75, 3.05) is 5.75 Å². The highest BCUT2D eigenvalue weighted by Crippen LogP contribution is 2.49. The minimum atomic E-state index is -1.11. The van der Waals surface area contributed by atoms with E-state index in [0.717, 1.165) is 0 Å². The van der Waals surface area contributed by atoms with Crippen molar-refractivity contribution in [2.24, 2.45) is 5.73 Å². The van der Waals surface area contributed by atoms with Gasteiger partial charge in [-0.25, -0.2) is 13.2 Å². The van der Waals surface area contributed by atoms with Gasteiger partial charge in [-0.15, -0.1) is 11.8 Å². The van der Waals surface area contributed by atoms with Crippen LogP contribution in [0.5, 0.6) is 0 Å². The van der Waals surface area contributed by atoms with Crippen LogP contribution in [0.25, 0.3) is 0 Å². The van der Waals surface area contributed by atoms with Crippen molar-refractivity contribution in [3.05, 3.63) is 107 Å². The van der Waals surface area contributed by atoms with E-state index in [-0.39, 0.29) is 6.42 Å². The molecule has 0 aliphatic heterocycles. The molecule has 3 aromatic carbocycles. The first-order valence-electron chi connectivity index (χ1n) is 8.63. The first kappa shape index (κ1) is 20.0. The molecule has 0 heterocycles. The summed E-state index contributed by atoms with van der Waals surface area (Å²) in [6.07, 6.45) is 0.0866. The Hall–Kier alpha value is -2.73. The summed E-state index contributed by atoms with van der Waals surface area (Å²) in [6, 6.07) is 17.7. The third-order valence-electron chi connectivity index (χ3n) is 4.42. The number of amides is 1. The van der Waals surface area contributed by atoms with Crippen LogP contribution in [-0.4, -0.2) is 11.7 Å². The van der Waals surface area contributed by atoms with E-state index in [4.69, 9.17) is 5.73 Å². The fourth-order valence-electron chi connectivity index (χ4n) is 3.14. The molecule has 0 spiro atoms. The van der Waals surface area contributed by atoms with Crippen LogP contribution in [-0.2, 0) is 9.54 Å². The van der Waals surface area contributed by atoms with E-state index in [1.165, 1.54) is 42.1 Å². The Kier molecular flexibility index (Phi) is 6.09. The van der Waals surface area contributed by atoms with Gasteiger partial charge < -0.3 is 5.73 Å². The van der Waals surface area contributed by atoms with Gasteiger partial charge in [0.2, 0.25) is 5.91 Å². The van der Waals surface area contributed by atoms with Gasteiger partial charge in [0.1, 0.15) is 17.5 Å². The van der Waals surface area contributed by atoms with Gasteiger partial charge in [-0.3, -0.25) is 4.79 Å². The van der Waals surface area contributed by atoms with Crippen LogP contribution in [0.15, 0.2) is 72.8 Å². The second-order valence-corrected chi connectivity index (χ2v) is 7.55. The monoisotopic (exact) mass is 401 g/mol. The molecule has 0 radical (unpaired) electrons. The second kappa shape index (κ2) is 8.52. The minimum Gasteiger partial charge on any atom is -0.370 e. The molecule has 2 N–H and O–H groups in total. The van der Waals surface area contributed by atoms with Gasteiger partial charge in [-0.1, -0.05) is 42.5 Å². The molecule has 0 saturated heterocycles. The van der Waals surface area contributed by atoms with Crippen LogP contribution >= 0.6 is 11.8 Å². The summed E-state index contributed by atoms with van der Waals surface area (Å²) < 4.78 is 41.0. The maximum atomic E-state index is 14.9. The summed E-state index contributed by atoms with van der Waals surface area (Å²) in [7, 11) is 0. The quantitative estimate of drug-likeness (QED) is 0.566. The normalized spacial score (nSPS) is 11.4. The van der Waals surface area contributed by atoms with Crippen LogP contribution in [0.1, 0.15) is 23.1 Å². The van der Waals surface area contributed by atoms with Gasteiger partial charge in [-0.05, 0) is 41.5 Å². The Balaban J connectivity index is 2.26. The number of nitrogens with two attached hydrogens (primary N) is 1. The lowest BCUT2D eigenvalue weighted by atomic mass is 9.83. The van der Waals surface area contributed by atoms with Crippen LogP contribution in [0.2, 0.25) is 0 Å². The largest absolute Gasteiger partial charge is 0.370 e. The van der Waals surface area contributed by atoms with Crippen molar-refractivity contribution < 1.29 is 18.0 Å². The Morgan fingerprint density at radius 1 is 0.821 bits per heavy atom. The van der Waals surface area contributed by atoms with Gasteiger partial charge in [0, 0.05) is 17.7 Å². The fraction of sp³-hybridized carbons (Fsp3) is 0.136. The summed E-state index contributed by atoms with van der Waals surface area (Å²) in [5, 5.41) is 0. The molecule has 0 aliphatic rings. The lowest BCUT2D eigenvalue weighted by molar-refractivity contribution is -0.117. The van der Waals surface area contributed by atoms with Crippen molar-refractivity contribution >= 4 is 17.7 Å². The second-order valence-electron chi connectivity index (χ2n) is 6.24. The maximum absolute atomic E-state index is 14.9.